The number of carbonyl (C=O) groups excluding carboxylic acids is 1. The van der Waals surface area contributed by atoms with Crippen molar-refractivity contribution in [3.8, 4) is 0 Å². The molecule has 1 saturated heterocycles. The van der Waals surface area contributed by atoms with Crippen LogP contribution in [0.1, 0.15) is 18.4 Å². The molecule has 0 aliphatic carbocycles. The van der Waals surface area contributed by atoms with Crippen LogP contribution in [0.4, 0.5) is 0 Å². The summed E-state index contributed by atoms with van der Waals surface area (Å²) in [6.45, 7) is 2.59. The molecule has 20 heavy (non-hydrogen) atoms. The van der Waals surface area contributed by atoms with Crippen LogP contribution in [0.5, 0.6) is 0 Å². The summed E-state index contributed by atoms with van der Waals surface area (Å²) in [5.41, 5.74) is 0.751. The number of nitrogens with one attached hydrogen (secondary N) is 1. The van der Waals surface area contributed by atoms with Gasteiger partial charge in [0, 0.05) is 26.1 Å². The first-order valence-electron chi connectivity index (χ1n) is 6.74. The molecule has 1 fully saturated rings. The molecule has 0 saturated carbocycles. The third-order valence-corrected chi connectivity index (χ3v) is 5.84. The van der Waals surface area contributed by atoms with Gasteiger partial charge in [0.25, 0.3) is 0 Å². The Kier molecular flexibility index (Phi) is 4.45. The van der Waals surface area contributed by atoms with Crippen LogP contribution in [-0.4, -0.2) is 38.8 Å². The second kappa shape index (κ2) is 5.93. The van der Waals surface area contributed by atoms with Crippen LogP contribution in [0.2, 0.25) is 0 Å². The lowest BCUT2D eigenvalue weighted by Gasteiger charge is -2.30. The van der Waals surface area contributed by atoms with Crippen molar-refractivity contribution in [2.24, 2.45) is 5.92 Å². The summed E-state index contributed by atoms with van der Waals surface area (Å²) in [6.07, 6.45) is 1.15. The molecule has 0 spiro atoms. The van der Waals surface area contributed by atoms with Crippen LogP contribution in [0, 0.1) is 12.8 Å². The predicted octanol–water partition coefficient (Wildman–Crippen LogP) is 1.14. The summed E-state index contributed by atoms with van der Waals surface area (Å²) < 4.78 is 26.6. The molecule has 1 aliphatic rings. The highest BCUT2D eigenvalue weighted by atomic mass is 32.2. The molecule has 6 heteroatoms. The molecule has 110 valence electrons. The first kappa shape index (κ1) is 15.0. The molecule has 1 amide bonds. The smallest absolute Gasteiger partial charge is 0.243 e. The summed E-state index contributed by atoms with van der Waals surface area (Å²) in [7, 11) is -1.84. The third kappa shape index (κ3) is 2.86. The van der Waals surface area contributed by atoms with Crippen molar-refractivity contribution in [2.45, 2.75) is 24.7 Å². The molecule has 0 unspecified atom stereocenters. The minimum atomic E-state index is -3.45. The van der Waals surface area contributed by atoms with Gasteiger partial charge in [0.1, 0.15) is 0 Å². The van der Waals surface area contributed by atoms with Crippen molar-refractivity contribution < 1.29 is 13.2 Å². The van der Waals surface area contributed by atoms with Crippen molar-refractivity contribution in [1.29, 1.82) is 0 Å². The van der Waals surface area contributed by atoms with Crippen molar-refractivity contribution in [3.63, 3.8) is 0 Å². The second-order valence-corrected chi connectivity index (χ2v) is 6.96. The zero-order chi connectivity index (χ0) is 14.8. The Balaban J connectivity index is 2.14. The Morgan fingerprint density at radius 2 is 1.85 bits per heavy atom. The molecule has 0 radical (unpaired) electrons. The van der Waals surface area contributed by atoms with Gasteiger partial charge in [-0.15, -0.1) is 0 Å². The maximum absolute atomic E-state index is 12.6. The zero-order valence-electron chi connectivity index (χ0n) is 11.8. The molecule has 1 heterocycles. The van der Waals surface area contributed by atoms with Crippen LogP contribution < -0.4 is 5.32 Å². The van der Waals surface area contributed by atoms with Crippen LogP contribution in [0.25, 0.3) is 0 Å². The second-order valence-electron chi connectivity index (χ2n) is 5.06. The highest BCUT2D eigenvalue weighted by Crippen LogP contribution is 2.25. The molecule has 2 rings (SSSR count). The Hall–Kier alpha value is -1.40. The number of piperidine rings is 1. The molecule has 1 aromatic rings. The first-order chi connectivity index (χ1) is 9.46. The van der Waals surface area contributed by atoms with E-state index in [1.165, 1.54) is 4.31 Å². The van der Waals surface area contributed by atoms with Gasteiger partial charge in [-0.2, -0.15) is 4.31 Å². The lowest BCUT2D eigenvalue weighted by atomic mass is 9.97. The number of benzene rings is 1. The third-order valence-electron chi connectivity index (χ3n) is 3.78. The fourth-order valence-electron chi connectivity index (χ4n) is 2.55. The summed E-state index contributed by atoms with van der Waals surface area (Å²) in [5.74, 6) is -0.0822. The molecule has 1 N–H and O–H groups in total. The summed E-state index contributed by atoms with van der Waals surface area (Å²) in [5, 5.41) is 2.62. The van der Waals surface area contributed by atoms with Gasteiger partial charge in [-0.25, -0.2) is 8.42 Å². The van der Waals surface area contributed by atoms with E-state index in [1.807, 2.05) is 6.07 Å². The van der Waals surface area contributed by atoms with Crippen molar-refractivity contribution in [2.75, 3.05) is 20.1 Å². The molecule has 0 atom stereocenters. The fraction of sp³-hybridized carbons (Fsp3) is 0.500. The standard InChI is InChI=1S/C14H20N2O3S/c1-11-5-3-4-6-13(11)20(18,19)16-9-7-12(8-10-16)14(17)15-2/h3-6,12H,7-10H2,1-2H3,(H,15,17). The molecular weight excluding hydrogens is 276 g/mol. The van der Waals surface area contributed by atoms with E-state index in [1.54, 1.807) is 32.2 Å². The number of amides is 1. The van der Waals surface area contributed by atoms with E-state index in [4.69, 9.17) is 0 Å². The van der Waals surface area contributed by atoms with Gasteiger partial charge in [-0.1, -0.05) is 18.2 Å². The van der Waals surface area contributed by atoms with Gasteiger partial charge in [-0.3, -0.25) is 4.79 Å². The maximum Gasteiger partial charge on any atom is 0.243 e. The summed E-state index contributed by atoms with van der Waals surface area (Å²) in [6, 6.07) is 6.99. The van der Waals surface area contributed by atoms with Crippen LogP contribution in [-0.2, 0) is 14.8 Å². The maximum atomic E-state index is 12.6. The van der Waals surface area contributed by atoms with E-state index < -0.39 is 10.0 Å². The lowest BCUT2D eigenvalue weighted by molar-refractivity contribution is -0.125. The quantitative estimate of drug-likeness (QED) is 0.909. The van der Waals surface area contributed by atoms with E-state index in [0.717, 1.165) is 5.56 Å². The van der Waals surface area contributed by atoms with Crippen LogP contribution >= 0.6 is 0 Å². The Bertz CT molecular complexity index is 590. The molecular formula is C14H20N2O3S. The fourth-order valence-corrected chi connectivity index (χ4v) is 4.24. The molecule has 1 aliphatic heterocycles. The number of aryl methyl sites for hydroxylation is 1. The first-order valence-corrected chi connectivity index (χ1v) is 8.18. The van der Waals surface area contributed by atoms with Gasteiger partial charge >= 0.3 is 0 Å². The van der Waals surface area contributed by atoms with Crippen LogP contribution in [0.15, 0.2) is 29.2 Å². The Morgan fingerprint density at radius 3 is 2.40 bits per heavy atom. The number of hydrogen-bond donors (Lipinski definition) is 1. The molecule has 5 nitrogen and oxygen atoms in total. The average molecular weight is 296 g/mol. The topological polar surface area (TPSA) is 66.5 Å². The van der Waals surface area contributed by atoms with E-state index >= 15 is 0 Å². The Labute approximate surface area is 120 Å². The largest absolute Gasteiger partial charge is 0.359 e. The van der Waals surface area contributed by atoms with Gasteiger partial charge in [0.15, 0.2) is 0 Å². The summed E-state index contributed by atoms with van der Waals surface area (Å²) >= 11 is 0. The number of rotatable bonds is 3. The van der Waals surface area contributed by atoms with Gasteiger partial charge < -0.3 is 5.32 Å². The van der Waals surface area contributed by atoms with E-state index in [0.29, 0.717) is 30.8 Å². The minimum Gasteiger partial charge on any atom is -0.359 e. The van der Waals surface area contributed by atoms with E-state index in [9.17, 15) is 13.2 Å². The zero-order valence-corrected chi connectivity index (χ0v) is 12.6. The van der Waals surface area contributed by atoms with Gasteiger partial charge in [0.05, 0.1) is 4.90 Å². The summed E-state index contributed by atoms with van der Waals surface area (Å²) in [4.78, 5) is 11.9. The number of nitrogens with zero attached hydrogens (tertiary/aromatic N) is 1. The van der Waals surface area contributed by atoms with Gasteiger partial charge in [-0.05, 0) is 31.4 Å². The minimum absolute atomic E-state index is 0.00191. The highest BCUT2D eigenvalue weighted by Gasteiger charge is 2.32. The van der Waals surface area contributed by atoms with Gasteiger partial charge in [0.2, 0.25) is 15.9 Å². The van der Waals surface area contributed by atoms with Crippen LogP contribution in [0.3, 0.4) is 0 Å². The number of hydrogen-bond acceptors (Lipinski definition) is 3. The van der Waals surface area contributed by atoms with E-state index in [-0.39, 0.29) is 11.8 Å². The normalized spacial score (nSPS) is 17.9. The average Bonchev–Trinajstić information content (AvgIpc) is 2.47. The van der Waals surface area contributed by atoms with Crippen molar-refractivity contribution in [3.05, 3.63) is 29.8 Å². The SMILES string of the molecule is CNC(=O)C1CCN(S(=O)(=O)c2ccccc2C)CC1. The number of carbonyl (C=O) groups is 1. The predicted molar refractivity (Wildman–Crippen MR) is 76.7 cm³/mol. The monoisotopic (exact) mass is 296 g/mol. The van der Waals surface area contributed by atoms with Crippen molar-refractivity contribution in [1.82, 2.24) is 9.62 Å². The molecule has 0 aromatic heterocycles. The van der Waals surface area contributed by atoms with E-state index in [2.05, 4.69) is 5.32 Å². The Morgan fingerprint density at radius 1 is 1.25 bits per heavy atom. The number of sulfonamides is 1. The molecule has 1 aromatic carbocycles. The van der Waals surface area contributed by atoms with Crippen molar-refractivity contribution >= 4 is 15.9 Å². The highest BCUT2D eigenvalue weighted by molar-refractivity contribution is 7.89. The molecule has 0 bridgehead atoms. The lowest BCUT2D eigenvalue weighted by Crippen LogP contribution is -2.42.